The summed E-state index contributed by atoms with van der Waals surface area (Å²) in [5, 5.41) is 12.7. The molecule has 0 bridgehead atoms. The minimum absolute atomic E-state index is 0.218. The fourth-order valence-electron chi connectivity index (χ4n) is 4.71. The highest BCUT2D eigenvalue weighted by molar-refractivity contribution is 5.93. The maximum Gasteiger partial charge on any atom is 0.339 e. The average molecular weight is 458 g/mol. The Hall–Kier alpha value is -3.03. The highest BCUT2D eigenvalue weighted by atomic mass is 16.5. The SMILES string of the molecule is CC[C@@H](C)[C@H](NC(=O)COc1cc2c(c3oc(=O)c4c(c13)CCC4)CCC(C)(C)O2)C(=O)O. The summed E-state index contributed by atoms with van der Waals surface area (Å²) in [6, 6.07) is 0.783. The van der Waals surface area contributed by atoms with E-state index < -0.39 is 17.9 Å². The summed E-state index contributed by atoms with van der Waals surface area (Å²) in [6.07, 6.45) is 4.35. The lowest BCUT2D eigenvalue weighted by Crippen LogP contribution is -2.46. The van der Waals surface area contributed by atoms with E-state index in [1.54, 1.807) is 13.0 Å². The van der Waals surface area contributed by atoms with Crippen molar-refractivity contribution < 1.29 is 28.6 Å². The molecule has 0 radical (unpaired) electrons. The first-order valence-electron chi connectivity index (χ1n) is 11.6. The average Bonchev–Trinajstić information content (AvgIpc) is 3.24. The van der Waals surface area contributed by atoms with Crippen LogP contribution in [0.1, 0.15) is 63.6 Å². The van der Waals surface area contributed by atoms with Gasteiger partial charge < -0.3 is 24.3 Å². The van der Waals surface area contributed by atoms with Crippen molar-refractivity contribution in [1.82, 2.24) is 5.32 Å². The van der Waals surface area contributed by atoms with E-state index in [4.69, 9.17) is 13.9 Å². The molecule has 1 aromatic carbocycles. The fourth-order valence-corrected chi connectivity index (χ4v) is 4.71. The quantitative estimate of drug-likeness (QED) is 0.613. The van der Waals surface area contributed by atoms with Crippen LogP contribution in [0.2, 0.25) is 0 Å². The third-order valence-electron chi connectivity index (χ3n) is 6.79. The van der Waals surface area contributed by atoms with Gasteiger partial charge in [0.1, 0.15) is 28.7 Å². The zero-order chi connectivity index (χ0) is 23.9. The molecule has 2 aliphatic rings. The van der Waals surface area contributed by atoms with E-state index in [9.17, 15) is 19.5 Å². The molecule has 178 valence electrons. The Bertz CT molecular complexity index is 1160. The Morgan fingerprint density at radius 2 is 1.94 bits per heavy atom. The Morgan fingerprint density at radius 1 is 1.21 bits per heavy atom. The van der Waals surface area contributed by atoms with Gasteiger partial charge in [0, 0.05) is 17.2 Å². The summed E-state index contributed by atoms with van der Waals surface area (Å²) < 4.78 is 17.9. The van der Waals surface area contributed by atoms with E-state index >= 15 is 0 Å². The lowest BCUT2D eigenvalue weighted by Gasteiger charge is -2.33. The number of carbonyl (C=O) groups is 2. The molecule has 1 aliphatic heterocycles. The highest BCUT2D eigenvalue weighted by Gasteiger charge is 2.33. The molecule has 0 unspecified atom stereocenters. The van der Waals surface area contributed by atoms with Gasteiger partial charge >= 0.3 is 11.6 Å². The number of fused-ring (bicyclic) bond motifs is 5. The van der Waals surface area contributed by atoms with E-state index in [-0.39, 0.29) is 23.8 Å². The smallest absolute Gasteiger partial charge is 0.339 e. The van der Waals surface area contributed by atoms with Crippen LogP contribution in [0.3, 0.4) is 0 Å². The van der Waals surface area contributed by atoms with E-state index in [0.29, 0.717) is 47.3 Å². The van der Waals surface area contributed by atoms with Gasteiger partial charge in [-0.15, -0.1) is 0 Å². The van der Waals surface area contributed by atoms with Crippen LogP contribution in [-0.2, 0) is 28.9 Å². The second-order valence-electron chi connectivity index (χ2n) is 9.68. The van der Waals surface area contributed by atoms with Crippen LogP contribution in [0.5, 0.6) is 11.5 Å². The lowest BCUT2D eigenvalue weighted by molar-refractivity contribution is -0.143. The van der Waals surface area contributed by atoms with Gasteiger partial charge in [-0.2, -0.15) is 0 Å². The number of carboxylic acid groups (broad SMARTS) is 1. The molecule has 0 saturated heterocycles. The van der Waals surface area contributed by atoms with Crippen LogP contribution in [0.4, 0.5) is 0 Å². The van der Waals surface area contributed by atoms with Gasteiger partial charge in [0.2, 0.25) is 0 Å². The summed E-state index contributed by atoms with van der Waals surface area (Å²) in [5.41, 5.74) is 2.18. The number of hydrogen-bond acceptors (Lipinski definition) is 6. The fraction of sp³-hybridized carbons (Fsp3) is 0.560. The zero-order valence-electron chi connectivity index (χ0n) is 19.6. The van der Waals surface area contributed by atoms with Crippen LogP contribution >= 0.6 is 0 Å². The number of nitrogens with one attached hydrogen (secondary N) is 1. The summed E-state index contributed by atoms with van der Waals surface area (Å²) in [4.78, 5) is 36.7. The number of carboxylic acids is 1. The monoisotopic (exact) mass is 457 g/mol. The first kappa shape index (κ1) is 23.1. The summed E-state index contributed by atoms with van der Waals surface area (Å²) in [6.45, 7) is 7.28. The minimum Gasteiger partial charge on any atom is -0.487 e. The van der Waals surface area contributed by atoms with Gasteiger partial charge in [0.05, 0.1) is 5.39 Å². The molecule has 0 fully saturated rings. The van der Waals surface area contributed by atoms with Crippen LogP contribution in [0.25, 0.3) is 11.0 Å². The normalized spacial score (nSPS) is 18.1. The van der Waals surface area contributed by atoms with E-state index in [1.807, 2.05) is 20.8 Å². The Morgan fingerprint density at radius 3 is 2.64 bits per heavy atom. The van der Waals surface area contributed by atoms with E-state index in [2.05, 4.69) is 5.32 Å². The minimum atomic E-state index is -1.08. The third-order valence-corrected chi connectivity index (χ3v) is 6.79. The molecular weight excluding hydrogens is 426 g/mol. The van der Waals surface area contributed by atoms with Crippen LogP contribution in [0, 0.1) is 5.92 Å². The molecule has 1 aliphatic carbocycles. The van der Waals surface area contributed by atoms with Crippen molar-refractivity contribution in [2.24, 2.45) is 5.92 Å². The molecule has 2 atom stereocenters. The number of rotatable bonds is 7. The Kier molecular flexibility index (Phi) is 6.12. The van der Waals surface area contributed by atoms with Crippen molar-refractivity contribution in [3.63, 3.8) is 0 Å². The molecule has 2 N–H and O–H groups in total. The Labute approximate surface area is 192 Å². The second-order valence-corrected chi connectivity index (χ2v) is 9.68. The second kappa shape index (κ2) is 8.72. The number of ether oxygens (including phenoxy) is 2. The van der Waals surface area contributed by atoms with Gasteiger partial charge in [-0.1, -0.05) is 20.3 Å². The van der Waals surface area contributed by atoms with Crippen molar-refractivity contribution in [3.8, 4) is 11.5 Å². The Balaban J connectivity index is 1.70. The van der Waals surface area contributed by atoms with Gasteiger partial charge in [0.25, 0.3) is 5.91 Å². The zero-order valence-corrected chi connectivity index (χ0v) is 19.6. The first-order chi connectivity index (χ1) is 15.6. The van der Waals surface area contributed by atoms with Crippen molar-refractivity contribution in [1.29, 1.82) is 0 Å². The van der Waals surface area contributed by atoms with Crippen molar-refractivity contribution in [2.45, 2.75) is 77.9 Å². The number of aliphatic carboxylic acids is 1. The molecule has 0 spiro atoms. The van der Waals surface area contributed by atoms with Crippen LogP contribution in [-0.4, -0.2) is 35.2 Å². The molecule has 8 nitrogen and oxygen atoms in total. The molecule has 1 aromatic heterocycles. The van der Waals surface area contributed by atoms with Crippen molar-refractivity contribution >= 4 is 22.8 Å². The van der Waals surface area contributed by atoms with E-state index in [0.717, 1.165) is 30.4 Å². The standard InChI is InChI=1S/C25H31NO7/c1-5-13(2)21(23(28)29)26-19(27)12-31-18-11-17-16(9-10-25(3,4)33-17)22-20(18)14-7-6-8-15(14)24(30)32-22/h11,13,21H,5-10,12H2,1-4H3,(H,26,27)(H,28,29)/t13-,21+/m1/s1. The van der Waals surface area contributed by atoms with Crippen molar-refractivity contribution in [2.75, 3.05) is 6.61 Å². The summed E-state index contributed by atoms with van der Waals surface area (Å²) in [5.74, 6) is -0.826. The number of aryl methyl sites for hydroxylation is 2. The van der Waals surface area contributed by atoms with Crippen molar-refractivity contribution in [3.05, 3.63) is 33.2 Å². The van der Waals surface area contributed by atoms with Gasteiger partial charge in [-0.05, 0) is 57.4 Å². The maximum absolute atomic E-state index is 12.6. The molecule has 1 amide bonds. The van der Waals surface area contributed by atoms with Gasteiger partial charge in [-0.3, -0.25) is 4.79 Å². The molecule has 4 rings (SSSR count). The number of hydrogen-bond donors (Lipinski definition) is 2. The molecular formula is C25H31NO7. The summed E-state index contributed by atoms with van der Waals surface area (Å²) in [7, 11) is 0. The largest absolute Gasteiger partial charge is 0.487 e. The molecule has 2 heterocycles. The number of benzene rings is 1. The first-order valence-corrected chi connectivity index (χ1v) is 11.6. The summed E-state index contributed by atoms with van der Waals surface area (Å²) >= 11 is 0. The topological polar surface area (TPSA) is 115 Å². The molecule has 33 heavy (non-hydrogen) atoms. The molecule has 8 heteroatoms. The van der Waals surface area contributed by atoms with Crippen LogP contribution < -0.4 is 20.4 Å². The predicted octanol–water partition coefficient (Wildman–Crippen LogP) is 3.38. The molecule has 0 saturated carbocycles. The third kappa shape index (κ3) is 4.43. The van der Waals surface area contributed by atoms with Gasteiger partial charge in [0.15, 0.2) is 6.61 Å². The lowest BCUT2D eigenvalue weighted by atomic mass is 9.91. The predicted molar refractivity (Wildman–Crippen MR) is 122 cm³/mol. The number of carbonyl (C=O) groups excluding carboxylic acids is 1. The van der Waals surface area contributed by atoms with Crippen LogP contribution in [0.15, 0.2) is 15.3 Å². The van der Waals surface area contributed by atoms with E-state index in [1.165, 1.54) is 0 Å². The highest BCUT2D eigenvalue weighted by Crippen LogP contribution is 2.44. The van der Waals surface area contributed by atoms with Gasteiger partial charge in [-0.25, -0.2) is 9.59 Å². The molecule has 2 aromatic rings. The maximum atomic E-state index is 12.6. The number of amides is 1.